The summed E-state index contributed by atoms with van der Waals surface area (Å²) < 4.78 is 31.8. The van der Waals surface area contributed by atoms with Gasteiger partial charge in [0.25, 0.3) is 0 Å². The third-order valence-electron chi connectivity index (χ3n) is 3.97. The highest BCUT2D eigenvalue weighted by atomic mass is 35.5. The van der Waals surface area contributed by atoms with Crippen molar-refractivity contribution in [2.45, 2.75) is 17.9 Å². The van der Waals surface area contributed by atoms with Crippen LogP contribution >= 0.6 is 11.6 Å². The molecule has 0 amide bonds. The van der Waals surface area contributed by atoms with Crippen molar-refractivity contribution in [3.8, 4) is 6.01 Å². The van der Waals surface area contributed by atoms with E-state index in [1.165, 1.54) is 20.4 Å². The topological polar surface area (TPSA) is 84.4 Å². The zero-order valence-corrected chi connectivity index (χ0v) is 14.9. The number of hydrogen-bond donors (Lipinski definition) is 1. The molecule has 128 valence electrons. The van der Waals surface area contributed by atoms with Crippen molar-refractivity contribution in [2.75, 3.05) is 25.6 Å². The fourth-order valence-electron chi connectivity index (χ4n) is 2.78. The molecule has 0 unspecified atom stereocenters. The van der Waals surface area contributed by atoms with E-state index < -0.39 is 10.0 Å². The van der Waals surface area contributed by atoms with Crippen molar-refractivity contribution in [1.82, 2.24) is 14.7 Å². The average Bonchev–Trinajstić information content (AvgIpc) is 2.61. The molecule has 1 aliphatic heterocycles. The summed E-state index contributed by atoms with van der Waals surface area (Å²) in [6, 6.07) is 5.53. The van der Waals surface area contributed by atoms with Gasteiger partial charge < -0.3 is 9.64 Å². The summed E-state index contributed by atoms with van der Waals surface area (Å²) in [5, 5.41) is 0.429. The molecule has 1 aromatic heterocycles. The molecule has 2 aromatic rings. The number of fused-ring (bicyclic) bond motifs is 1. The fourth-order valence-corrected chi connectivity index (χ4v) is 4.03. The molecular formula is C15H17ClN4O3S. The Kier molecular flexibility index (Phi) is 4.62. The highest BCUT2D eigenvalue weighted by Crippen LogP contribution is 2.31. The molecule has 24 heavy (non-hydrogen) atoms. The smallest absolute Gasteiger partial charge is 0.318 e. The third-order valence-corrected chi connectivity index (χ3v) is 5.73. The summed E-state index contributed by atoms with van der Waals surface area (Å²) in [7, 11) is -0.574. The highest BCUT2D eigenvalue weighted by molar-refractivity contribution is 7.89. The Hall–Kier alpha value is -1.90. The number of anilines is 1. The monoisotopic (exact) mass is 368 g/mol. The maximum Gasteiger partial charge on any atom is 0.318 e. The first-order valence-corrected chi connectivity index (χ1v) is 9.18. The van der Waals surface area contributed by atoms with Crippen molar-refractivity contribution in [1.29, 1.82) is 0 Å². The van der Waals surface area contributed by atoms with Gasteiger partial charge in [0.1, 0.15) is 5.02 Å². The van der Waals surface area contributed by atoms with Crippen molar-refractivity contribution in [3.05, 3.63) is 40.5 Å². The first-order valence-electron chi connectivity index (χ1n) is 7.32. The molecule has 1 aromatic carbocycles. The lowest BCUT2D eigenvalue weighted by atomic mass is 10.00. The first-order chi connectivity index (χ1) is 11.5. The lowest BCUT2D eigenvalue weighted by Crippen LogP contribution is -2.33. The first kappa shape index (κ1) is 16.9. The van der Waals surface area contributed by atoms with E-state index in [0.717, 1.165) is 11.1 Å². The Morgan fingerprint density at radius 2 is 2.17 bits per heavy atom. The van der Waals surface area contributed by atoms with Gasteiger partial charge in [0, 0.05) is 13.1 Å². The van der Waals surface area contributed by atoms with Crippen LogP contribution in [0.5, 0.6) is 6.01 Å². The number of nitrogens with one attached hydrogen (secondary N) is 1. The van der Waals surface area contributed by atoms with Gasteiger partial charge in [-0.05, 0) is 30.7 Å². The molecule has 9 heteroatoms. The Balaban J connectivity index is 1.98. The standard InChI is InChI=1S/C15H17ClN4O3S/c1-17-24(21,22)13-5-3-4-10-9-20(7-6-11(10)13)14-12(16)8-18-15(19-14)23-2/h3-5,8,17H,6-7,9H2,1-2H3. The Morgan fingerprint density at radius 1 is 1.38 bits per heavy atom. The van der Waals surface area contributed by atoms with E-state index in [9.17, 15) is 8.42 Å². The molecule has 0 aliphatic carbocycles. The molecule has 0 saturated heterocycles. The molecule has 3 rings (SSSR count). The van der Waals surface area contributed by atoms with Gasteiger partial charge in [-0.25, -0.2) is 18.1 Å². The number of halogens is 1. The number of ether oxygens (including phenoxy) is 1. The number of sulfonamides is 1. The van der Waals surface area contributed by atoms with Crippen LogP contribution in [0.2, 0.25) is 5.02 Å². The van der Waals surface area contributed by atoms with Crippen LogP contribution in [0, 0.1) is 0 Å². The van der Waals surface area contributed by atoms with Crippen LogP contribution in [-0.2, 0) is 23.0 Å². The molecule has 0 fully saturated rings. The maximum absolute atomic E-state index is 12.2. The molecule has 1 aliphatic rings. The maximum atomic E-state index is 12.2. The van der Waals surface area contributed by atoms with E-state index in [-0.39, 0.29) is 6.01 Å². The Morgan fingerprint density at radius 3 is 2.88 bits per heavy atom. The number of methoxy groups -OCH3 is 1. The van der Waals surface area contributed by atoms with E-state index in [1.807, 2.05) is 11.0 Å². The van der Waals surface area contributed by atoms with Crippen molar-refractivity contribution < 1.29 is 13.2 Å². The van der Waals surface area contributed by atoms with E-state index >= 15 is 0 Å². The van der Waals surface area contributed by atoms with Crippen LogP contribution < -0.4 is 14.4 Å². The van der Waals surface area contributed by atoms with Gasteiger partial charge in [-0.3, -0.25) is 0 Å². The van der Waals surface area contributed by atoms with Crippen LogP contribution in [0.25, 0.3) is 0 Å². The number of nitrogens with zero attached hydrogens (tertiary/aromatic N) is 3. The molecule has 0 atom stereocenters. The lowest BCUT2D eigenvalue weighted by Gasteiger charge is -2.31. The van der Waals surface area contributed by atoms with E-state index in [1.54, 1.807) is 12.1 Å². The van der Waals surface area contributed by atoms with Crippen molar-refractivity contribution in [3.63, 3.8) is 0 Å². The second-order valence-electron chi connectivity index (χ2n) is 5.30. The van der Waals surface area contributed by atoms with Crippen LogP contribution in [-0.4, -0.2) is 39.1 Å². The van der Waals surface area contributed by atoms with E-state index in [4.69, 9.17) is 16.3 Å². The summed E-state index contributed by atoms with van der Waals surface area (Å²) >= 11 is 6.21. The molecule has 7 nitrogen and oxygen atoms in total. The summed E-state index contributed by atoms with van der Waals surface area (Å²) in [5.74, 6) is 0.580. The third kappa shape index (κ3) is 3.04. The minimum Gasteiger partial charge on any atom is -0.467 e. The molecule has 2 heterocycles. The quantitative estimate of drug-likeness (QED) is 0.882. The van der Waals surface area contributed by atoms with Crippen LogP contribution in [0.3, 0.4) is 0 Å². The zero-order chi connectivity index (χ0) is 17.3. The predicted molar refractivity (Wildman–Crippen MR) is 91.0 cm³/mol. The second kappa shape index (κ2) is 6.54. The number of rotatable bonds is 4. The summed E-state index contributed by atoms with van der Waals surface area (Å²) in [6.45, 7) is 1.12. The molecule has 1 N–H and O–H groups in total. The van der Waals surface area contributed by atoms with Gasteiger partial charge in [0.05, 0.1) is 18.2 Å². The predicted octanol–water partition coefficient (Wildman–Crippen LogP) is 1.61. The van der Waals surface area contributed by atoms with Gasteiger partial charge in [-0.2, -0.15) is 4.98 Å². The molecular weight excluding hydrogens is 352 g/mol. The normalized spacial score (nSPS) is 14.4. The van der Waals surface area contributed by atoms with Gasteiger partial charge in [0.15, 0.2) is 5.82 Å². The lowest BCUT2D eigenvalue weighted by molar-refractivity contribution is 0.379. The summed E-state index contributed by atoms with van der Waals surface area (Å²) in [5.41, 5.74) is 1.77. The molecule has 0 spiro atoms. The fraction of sp³-hybridized carbons (Fsp3) is 0.333. The number of hydrogen-bond acceptors (Lipinski definition) is 6. The Bertz CT molecular complexity index is 873. The minimum atomic E-state index is -3.48. The summed E-state index contributed by atoms with van der Waals surface area (Å²) in [4.78, 5) is 10.6. The van der Waals surface area contributed by atoms with Crippen molar-refractivity contribution in [2.24, 2.45) is 0 Å². The van der Waals surface area contributed by atoms with E-state index in [0.29, 0.717) is 35.2 Å². The zero-order valence-electron chi connectivity index (χ0n) is 13.3. The Labute approximate surface area is 145 Å². The van der Waals surface area contributed by atoms with E-state index in [2.05, 4.69) is 14.7 Å². The number of aromatic nitrogens is 2. The van der Waals surface area contributed by atoms with Crippen LogP contribution in [0.1, 0.15) is 11.1 Å². The molecule has 0 saturated carbocycles. The van der Waals surface area contributed by atoms with Crippen molar-refractivity contribution >= 4 is 27.4 Å². The minimum absolute atomic E-state index is 0.242. The van der Waals surface area contributed by atoms with Gasteiger partial charge >= 0.3 is 6.01 Å². The average molecular weight is 369 g/mol. The van der Waals surface area contributed by atoms with Crippen LogP contribution in [0.15, 0.2) is 29.3 Å². The van der Waals surface area contributed by atoms with Crippen LogP contribution in [0.4, 0.5) is 5.82 Å². The SMILES string of the molecule is CNS(=O)(=O)c1cccc2c1CCN(c1nc(OC)ncc1Cl)C2. The molecule has 0 radical (unpaired) electrons. The van der Waals surface area contributed by atoms with Gasteiger partial charge in [-0.15, -0.1) is 0 Å². The van der Waals surface area contributed by atoms with Gasteiger partial charge in [-0.1, -0.05) is 23.7 Å². The molecule has 0 bridgehead atoms. The number of benzene rings is 1. The largest absolute Gasteiger partial charge is 0.467 e. The summed E-state index contributed by atoms with van der Waals surface area (Å²) in [6.07, 6.45) is 2.08. The van der Waals surface area contributed by atoms with Gasteiger partial charge in [0.2, 0.25) is 10.0 Å². The second-order valence-corrected chi connectivity index (χ2v) is 7.56. The highest BCUT2D eigenvalue weighted by Gasteiger charge is 2.26.